The molecule has 46 heavy (non-hydrogen) atoms. The summed E-state index contributed by atoms with van der Waals surface area (Å²) in [5, 5.41) is 7.54. The third-order valence-corrected chi connectivity index (χ3v) is 8.15. The first kappa shape index (κ1) is 32.9. The molecule has 1 aliphatic heterocycles. The Balaban J connectivity index is 1.24. The summed E-state index contributed by atoms with van der Waals surface area (Å²) in [5.74, 6) is 0.333. The molecule has 1 N–H and O–H groups in total. The zero-order chi connectivity index (χ0) is 33.0. The Bertz CT molecular complexity index is 1820. The fraction of sp³-hybridized carbons (Fsp3) is 0.219. The number of amides is 3. The van der Waals surface area contributed by atoms with Gasteiger partial charge in [-0.05, 0) is 72.0 Å². The molecule has 1 aliphatic rings. The van der Waals surface area contributed by atoms with Crippen molar-refractivity contribution < 1.29 is 27.5 Å². The Morgan fingerprint density at radius 3 is 2.63 bits per heavy atom. The number of nitrogens with one attached hydrogen (secondary N) is 1. The third-order valence-electron chi connectivity index (χ3n) is 6.71. The topological polar surface area (TPSA) is 102 Å². The Labute approximate surface area is 275 Å². The number of amidine groups is 1. The van der Waals surface area contributed by atoms with Gasteiger partial charge in [-0.2, -0.15) is 4.99 Å². The number of aromatic nitrogens is 3. The van der Waals surface area contributed by atoms with Gasteiger partial charge in [-0.1, -0.05) is 71.9 Å². The molecule has 3 aromatic carbocycles. The second-order valence-corrected chi connectivity index (χ2v) is 12.5. The maximum absolute atomic E-state index is 12.8. The number of urea groups is 1. The molecule has 9 nitrogen and oxygen atoms in total. The highest BCUT2D eigenvalue weighted by atomic mass is 79.9. The fourth-order valence-corrected chi connectivity index (χ4v) is 5.89. The van der Waals surface area contributed by atoms with Crippen LogP contribution >= 0.6 is 27.7 Å². The minimum Gasteiger partial charge on any atom is -0.406 e. The number of ether oxygens (including phenoxy) is 1. The summed E-state index contributed by atoms with van der Waals surface area (Å²) >= 11 is 4.73. The van der Waals surface area contributed by atoms with Crippen LogP contribution in [0.15, 0.2) is 82.5 Å². The number of benzene rings is 3. The number of nitrogens with zero attached hydrogens (tertiary/aromatic N) is 5. The van der Waals surface area contributed by atoms with Gasteiger partial charge in [0.25, 0.3) is 0 Å². The first-order valence-electron chi connectivity index (χ1n) is 14.0. The molecule has 4 aromatic rings. The lowest BCUT2D eigenvalue weighted by molar-refractivity contribution is -0.274. The number of aliphatic imine (C=N–C) groups is 1. The van der Waals surface area contributed by atoms with Crippen LogP contribution in [0.3, 0.4) is 0 Å². The highest BCUT2D eigenvalue weighted by Gasteiger charge is 2.33. The van der Waals surface area contributed by atoms with Crippen LogP contribution in [0.2, 0.25) is 0 Å². The van der Waals surface area contributed by atoms with Gasteiger partial charge in [-0.3, -0.25) is 9.69 Å². The van der Waals surface area contributed by atoms with Crippen molar-refractivity contribution in [1.29, 1.82) is 0 Å². The van der Waals surface area contributed by atoms with E-state index in [-0.39, 0.29) is 29.9 Å². The van der Waals surface area contributed by atoms with E-state index in [0.29, 0.717) is 26.7 Å². The fourth-order valence-electron chi connectivity index (χ4n) is 4.62. The molecule has 1 saturated heterocycles. The van der Waals surface area contributed by atoms with Crippen molar-refractivity contribution in [1.82, 2.24) is 20.1 Å². The van der Waals surface area contributed by atoms with Crippen molar-refractivity contribution in [3.8, 4) is 22.8 Å². The van der Waals surface area contributed by atoms with Gasteiger partial charge in [-0.15, -0.1) is 18.3 Å². The summed E-state index contributed by atoms with van der Waals surface area (Å²) in [6.07, 6.45) is -1.48. The average Bonchev–Trinajstić information content (AvgIpc) is 3.63. The lowest BCUT2D eigenvalue weighted by Crippen LogP contribution is -2.32. The highest BCUT2D eigenvalue weighted by molar-refractivity contribution is 9.11. The second-order valence-electron chi connectivity index (χ2n) is 10.6. The van der Waals surface area contributed by atoms with Crippen LogP contribution in [0, 0.1) is 6.92 Å². The summed E-state index contributed by atoms with van der Waals surface area (Å²) in [5.41, 5.74) is 4.76. The molecule has 1 aromatic heterocycles. The molecule has 5 rings (SSSR count). The van der Waals surface area contributed by atoms with Crippen LogP contribution in [0.5, 0.6) is 5.75 Å². The molecule has 1 fully saturated rings. The molecular formula is C32H28BrF3N6O3S. The van der Waals surface area contributed by atoms with E-state index in [1.54, 1.807) is 0 Å². The van der Waals surface area contributed by atoms with Crippen LogP contribution in [-0.4, -0.2) is 50.5 Å². The van der Waals surface area contributed by atoms with E-state index in [4.69, 9.17) is 0 Å². The smallest absolute Gasteiger partial charge is 0.406 e. The maximum Gasteiger partial charge on any atom is 0.573 e. The van der Waals surface area contributed by atoms with Gasteiger partial charge in [0.2, 0.25) is 5.91 Å². The Hall–Kier alpha value is -4.43. The molecule has 0 atom stereocenters. The number of carbonyl (C=O) groups excluding carboxylic acids is 2. The number of anilines is 1. The molecule has 0 bridgehead atoms. The lowest BCUT2D eigenvalue weighted by Gasteiger charge is -2.22. The number of rotatable bonds is 8. The number of halogens is 4. The van der Waals surface area contributed by atoms with Crippen LogP contribution in [-0.2, 0) is 4.79 Å². The van der Waals surface area contributed by atoms with Crippen LogP contribution < -0.4 is 15.0 Å². The SMILES string of the molecule is Cc1ccc(C(C)C)c(N2C(=O)CS/C2=N\C(=O)NC/C(Br)=C\c2cccc(-c3ncn(-c4ccc(OC(F)(F)F)cc4)n3)c2)c1. The number of thioether (sulfide) groups is 1. The first-order chi connectivity index (χ1) is 21.9. The molecule has 14 heteroatoms. The van der Waals surface area contributed by atoms with E-state index in [0.717, 1.165) is 22.4 Å². The van der Waals surface area contributed by atoms with Gasteiger partial charge in [0, 0.05) is 10.0 Å². The van der Waals surface area contributed by atoms with E-state index in [9.17, 15) is 22.8 Å². The van der Waals surface area contributed by atoms with Crippen molar-refractivity contribution in [3.63, 3.8) is 0 Å². The van der Waals surface area contributed by atoms with E-state index >= 15 is 0 Å². The number of aryl methyl sites for hydroxylation is 1. The summed E-state index contributed by atoms with van der Waals surface area (Å²) in [7, 11) is 0. The van der Waals surface area contributed by atoms with Crippen molar-refractivity contribution in [2.24, 2.45) is 4.99 Å². The average molecular weight is 714 g/mol. The van der Waals surface area contributed by atoms with Crippen LogP contribution in [0.4, 0.5) is 23.7 Å². The quantitative estimate of drug-likeness (QED) is 0.200. The molecule has 0 saturated carbocycles. The van der Waals surface area contributed by atoms with Gasteiger partial charge in [0.15, 0.2) is 11.0 Å². The number of hydrogen-bond donors (Lipinski definition) is 1. The standard InChI is InChI=1S/C32H28BrF3N6O3S/c1-19(2)26-12-7-20(3)13-27(26)42-28(43)17-46-31(42)39-30(44)37-16-23(33)15-21-5-4-6-22(14-21)29-38-18-41(40-29)24-8-10-25(11-9-24)45-32(34,35)36/h4-15,18-19H,16-17H2,1-3H3,(H,37,44)/b23-15+,39-31-. The molecule has 0 radical (unpaired) electrons. The molecule has 3 amide bonds. The van der Waals surface area contributed by atoms with Crippen molar-refractivity contribution >= 4 is 56.6 Å². The van der Waals surface area contributed by atoms with Gasteiger partial charge in [0.05, 0.1) is 23.7 Å². The lowest BCUT2D eigenvalue weighted by atomic mass is 9.99. The molecule has 0 aliphatic carbocycles. The molecular weight excluding hydrogens is 685 g/mol. The van der Waals surface area contributed by atoms with Crippen molar-refractivity contribution in [2.75, 3.05) is 17.2 Å². The third kappa shape index (κ3) is 8.23. The molecule has 238 valence electrons. The second kappa shape index (κ2) is 13.9. The van der Waals surface area contributed by atoms with Gasteiger partial charge in [-0.25, -0.2) is 14.5 Å². The predicted molar refractivity (Wildman–Crippen MR) is 176 cm³/mol. The minimum absolute atomic E-state index is 0.127. The summed E-state index contributed by atoms with van der Waals surface area (Å²) < 4.78 is 43.4. The molecule has 0 unspecified atom stereocenters. The van der Waals surface area contributed by atoms with Gasteiger partial charge >= 0.3 is 12.4 Å². The van der Waals surface area contributed by atoms with Crippen molar-refractivity contribution in [3.05, 3.63) is 94.2 Å². The Morgan fingerprint density at radius 1 is 1.15 bits per heavy atom. The van der Waals surface area contributed by atoms with Crippen LogP contribution in [0.25, 0.3) is 23.2 Å². The van der Waals surface area contributed by atoms with E-state index in [2.05, 4.69) is 54.9 Å². The zero-order valence-corrected chi connectivity index (χ0v) is 27.3. The monoisotopic (exact) mass is 712 g/mol. The summed E-state index contributed by atoms with van der Waals surface area (Å²) in [6.45, 7) is 6.21. The minimum atomic E-state index is -4.77. The van der Waals surface area contributed by atoms with E-state index < -0.39 is 12.4 Å². The van der Waals surface area contributed by atoms with E-state index in [1.165, 1.54) is 51.9 Å². The number of alkyl halides is 3. The van der Waals surface area contributed by atoms with Crippen LogP contribution in [0.1, 0.15) is 36.5 Å². The van der Waals surface area contributed by atoms with Crippen molar-refractivity contribution in [2.45, 2.75) is 33.1 Å². The Kier molecular flexibility index (Phi) is 9.97. The maximum atomic E-state index is 12.8. The van der Waals surface area contributed by atoms with E-state index in [1.807, 2.05) is 55.5 Å². The number of carbonyl (C=O) groups is 2. The highest BCUT2D eigenvalue weighted by Crippen LogP contribution is 2.34. The molecule has 0 spiro atoms. The Morgan fingerprint density at radius 2 is 1.91 bits per heavy atom. The summed E-state index contributed by atoms with van der Waals surface area (Å²) in [6, 6.07) is 18.0. The largest absolute Gasteiger partial charge is 0.573 e. The first-order valence-corrected chi connectivity index (χ1v) is 15.8. The van der Waals surface area contributed by atoms with Gasteiger partial charge < -0.3 is 10.1 Å². The zero-order valence-electron chi connectivity index (χ0n) is 24.9. The van der Waals surface area contributed by atoms with Gasteiger partial charge in [0.1, 0.15) is 12.1 Å². The molecule has 2 heterocycles. The number of hydrogen-bond acceptors (Lipinski definition) is 6. The normalized spacial score (nSPS) is 14.8. The predicted octanol–water partition coefficient (Wildman–Crippen LogP) is 7.85. The summed E-state index contributed by atoms with van der Waals surface area (Å²) in [4.78, 5) is 35.7.